The summed E-state index contributed by atoms with van der Waals surface area (Å²) in [7, 11) is 1.20. The van der Waals surface area contributed by atoms with Crippen LogP contribution in [0, 0.1) is 0 Å². The van der Waals surface area contributed by atoms with Gasteiger partial charge in [-0.15, -0.1) is 0 Å². The van der Waals surface area contributed by atoms with E-state index < -0.39 is 73.2 Å². The second kappa shape index (κ2) is 11.4. The first kappa shape index (κ1) is 28.2. The highest BCUT2D eigenvalue weighted by Gasteiger charge is 2.50. The van der Waals surface area contributed by atoms with E-state index in [1.165, 1.54) is 45.2 Å². The Morgan fingerprint density at radius 2 is 1.64 bits per heavy atom. The normalized spacial score (nSPS) is 38.0. The van der Waals surface area contributed by atoms with Crippen LogP contribution >= 0.6 is 0 Å². The maximum Gasteiger partial charge on any atom is 0.247 e. The van der Waals surface area contributed by atoms with Gasteiger partial charge < -0.3 is 60.4 Å². The van der Waals surface area contributed by atoms with E-state index in [1.807, 2.05) is 0 Å². The molecule has 13 heteroatoms. The minimum atomic E-state index is -1.61. The summed E-state index contributed by atoms with van der Waals surface area (Å²) < 4.78 is 15.7. The number of aromatic hydroxyl groups is 1. The van der Waals surface area contributed by atoms with E-state index in [9.17, 15) is 45.6 Å². The highest BCUT2D eigenvalue weighted by Crippen LogP contribution is 2.33. The second-order valence-corrected chi connectivity index (χ2v) is 9.03. The number of nitrogens with one attached hydrogen (secondary N) is 1. The number of ether oxygens (including phenoxy) is 3. The highest BCUT2D eigenvalue weighted by molar-refractivity contribution is 5.97. The van der Waals surface area contributed by atoms with Crippen LogP contribution in [0.3, 0.4) is 0 Å². The molecule has 1 saturated carbocycles. The Hall–Kier alpha value is -2.33. The van der Waals surface area contributed by atoms with Gasteiger partial charge in [0.25, 0.3) is 0 Å². The average Bonchev–Trinajstić information content (AvgIpc) is 3.11. The zero-order chi connectivity index (χ0) is 26.9. The van der Waals surface area contributed by atoms with Gasteiger partial charge in [-0.1, -0.05) is 6.07 Å². The zero-order valence-corrected chi connectivity index (χ0v) is 19.9. The molecule has 1 amide bonds. The number of phenols is 1. The fraction of sp³-hybridized carbons (Fsp3) is 0.609. The molecule has 13 nitrogen and oxygen atoms in total. The lowest BCUT2D eigenvalue weighted by Crippen LogP contribution is -2.68. The van der Waals surface area contributed by atoms with Crippen LogP contribution < -0.4 is 10.1 Å². The van der Waals surface area contributed by atoms with Crippen LogP contribution in [0.1, 0.15) is 19.4 Å². The topological polar surface area (TPSA) is 219 Å². The summed E-state index contributed by atoms with van der Waals surface area (Å²) in [5.41, 5.74) is 0.476. The molecule has 0 spiro atoms. The van der Waals surface area contributed by atoms with Crippen molar-refractivity contribution in [2.24, 2.45) is 0 Å². The number of benzene rings is 1. The Balaban J connectivity index is 1.67. The monoisotopic (exact) mass is 515 g/mol. The highest BCUT2D eigenvalue weighted by atomic mass is 16.7. The lowest BCUT2D eigenvalue weighted by Gasteiger charge is -2.43. The third kappa shape index (κ3) is 5.64. The van der Waals surface area contributed by atoms with Crippen molar-refractivity contribution < 1.29 is 59.9 Å². The zero-order valence-electron chi connectivity index (χ0n) is 19.9. The standard InChI is InChI=1S/C23H33NO12/c1-8(22(33)24-13-14(27)16(29)21(34-3)17(30)15(13)28)6-10-4-5-12(11(26)7-10)35-23-19(32)18(31)20(36-23)9(2)25/h4-7,9,13-21,23,25-32H,1-3H3,(H,24,33)/b8-6+/t9?,13?,14-,15+,16+,17-,18-,19-,20+,21?,23+/m0/s1. The van der Waals surface area contributed by atoms with Crippen molar-refractivity contribution in [1.29, 1.82) is 0 Å². The second-order valence-electron chi connectivity index (χ2n) is 9.03. The molecule has 2 aliphatic rings. The molecular weight excluding hydrogens is 482 g/mol. The maximum atomic E-state index is 12.6. The van der Waals surface area contributed by atoms with Gasteiger partial charge in [-0.25, -0.2) is 0 Å². The summed E-state index contributed by atoms with van der Waals surface area (Å²) in [6.45, 7) is 2.82. The SMILES string of the molecule is COC1[C@@H](O)[C@H](O)C(NC(=O)/C(C)=C/c2ccc(O[C@@H]3O[C@H](C(C)O)[C@@H](O)[C@@H]3O)c(O)c2)[C@H](O)[C@H]1O. The predicted molar refractivity (Wildman–Crippen MR) is 121 cm³/mol. The lowest BCUT2D eigenvalue weighted by molar-refractivity contribution is -0.199. The number of amides is 1. The molecular formula is C23H33NO12. The first-order valence-corrected chi connectivity index (χ1v) is 11.3. The van der Waals surface area contributed by atoms with Gasteiger partial charge in [0.2, 0.25) is 12.2 Å². The Kier molecular flexibility index (Phi) is 8.93. The molecule has 0 radical (unpaired) electrons. The van der Waals surface area contributed by atoms with Crippen LogP contribution in [0.25, 0.3) is 6.08 Å². The average molecular weight is 516 g/mol. The fourth-order valence-electron chi connectivity index (χ4n) is 4.26. The number of phenolic OH excluding ortho intramolecular Hbond substituents is 1. The molecule has 2 fully saturated rings. The van der Waals surface area contributed by atoms with Gasteiger partial charge in [0.1, 0.15) is 48.8 Å². The number of rotatable bonds is 7. The molecule has 1 aromatic rings. The van der Waals surface area contributed by atoms with Gasteiger partial charge in [-0.3, -0.25) is 4.79 Å². The summed E-state index contributed by atoms with van der Waals surface area (Å²) in [5.74, 6) is -1.16. The first-order chi connectivity index (χ1) is 16.9. The van der Waals surface area contributed by atoms with E-state index in [-0.39, 0.29) is 17.1 Å². The van der Waals surface area contributed by atoms with Gasteiger partial charge in [0, 0.05) is 12.7 Å². The van der Waals surface area contributed by atoms with Gasteiger partial charge in [0.15, 0.2) is 11.5 Å². The van der Waals surface area contributed by atoms with Crippen LogP contribution in [0.4, 0.5) is 0 Å². The van der Waals surface area contributed by atoms with Crippen molar-refractivity contribution >= 4 is 12.0 Å². The summed E-state index contributed by atoms with van der Waals surface area (Å²) in [4.78, 5) is 12.6. The Morgan fingerprint density at radius 3 is 2.14 bits per heavy atom. The summed E-state index contributed by atoms with van der Waals surface area (Å²) in [6.07, 6.45) is -12.5. The third-order valence-electron chi connectivity index (χ3n) is 6.38. The van der Waals surface area contributed by atoms with Gasteiger partial charge in [0.05, 0.1) is 12.1 Å². The van der Waals surface area contributed by atoms with Crippen molar-refractivity contribution in [1.82, 2.24) is 5.32 Å². The molecule has 11 atom stereocenters. The molecule has 1 aliphatic heterocycles. The van der Waals surface area contributed by atoms with Gasteiger partial charge >= 0.3 is 0 Å². The van der Waals surface area contributed by atoms with E-state index in [0.29, 0.717) is 5.56 Å². The molecule has 202 valence electrons. The summed E-state index contributed by atoms with van der Waals surface area (Å²) in [5, 5.41) is 83.1. The molecule has 3 unspecified atom stereocenters. The quantitative estimate of drug-likeness (QED) is 0.166. The third-order valence-corrected chi connectivity index (χ3v) is 6.38. The Morgan fingerprint density at radius 1 is 1.03 bits per heavy atom. The lowest BCUT2D eigenvalue weighted by atomic mass is 9.83. The van der Waals surface area contributed by atoms with Crippen molar-refractivity contribution in [3.05, 3.63) is 29.3 Å². The molecule has 1 heterocycles. The molecule has 36 heavy (non-hydrogen) atoms. The van der Waals surface area contributed by atoms with Crippen LogP contribution in [0.5, 0.6) is 11.5 Å². The number of carbonyl (C=O) groups excluding carboxylic acids is 1. The van der Waals surface area contributed by atoms with Gasteiger partial charge in [-0.05, 0) is 37.6 Å². The number of aliphatic hydroxyl groups is 7. The van der Waals surface area contributed by atoms with E-state index in [0.717, 1.165) is 0 Å². The predicted octanol–water partition coefficient (Wildman–Crippen LogP) is -3.04. The van der Waals surface area contributed by atoms with Crippen molar-refractivity contribution in [3.63, 3.8) is 0 Å². The van der Waals surface area contributed by atoms with Crippen molar-refractivity contribution in [3.8, 4) is 11.5 Å². The van der Waals surface area contributed by atoms with Crippen LogP contribution in [-0.2, 0) is 14.3 Å². The van der Waals surface area contributed by atoms with Gasteiger partial charge in [-0.2, -0.15) is 0 Å². The summed E-state index contributed by atoms with van der Waals surface area (Å²) in [6, 6.07) is 2.71. The number of carbonyl (C=O) groups is 1. The van der Waals surface area contributed by atoms with E-state index in [2.05, 4.69) is 5.32 Å². The minimum absolute atomic E-state index is 0.0825. The minimum Gasteiger partial charge on any atom is -0.504 e. The number of aliphatic hydroxyl groups excluding tert-OH is 7. The number of methoxy groups -OCH3 is 1. The fourth-order valence-corrected chi connectivity index (χ4v) is 4.26. The number of hydrogen-bond donors (Lipinski definition) is 9. The molecule has 0 aromatic heterocycles. The maximum absolute atomic E-state index is 12.6. The van der Waals surface area contributed by atoms with Crippen molar-refractivity contribution in [2.75, 3.05) is 7.11 Å². The first-order valence-electron chi connectivity index (χ1n) is 11.3. The van der Waals surface area contributed by atoms with Crippen LogP contribution in [0.15, 0.2) is 23.8 Å². The number of hydrogen-bond acceptors (Lipinski definition) is 12. The molecule has 1 aromatic carbocycles. The van der Waals surface area contributed by atoms with Crippen LogP contribution in [0.2, 0.25) is 0 Å². The Labute approximate surface area is 206 Å². The molecule has 1 saturated heterocycles. The van der Waals surface area contributed by atoms with Crippen molar-refractivity contribution in [2.45, 2.75) is 81.1 Å². The largest absolute Gasteiger partial charge is 0.504 e. The molecule has 0 bridgehead atoms. The van der Waals surface area contributed by atoms with Crippen LogP contribution in [-0.4, -0.2) is 121 Å². The Bertz CT molecular complexity index is 939. The van der Waals surface area contributed by atoms with E-state index in [4.69, 9.17) is 14.2 Å². The summed E-state index contributed by atoms with van der Waals surface area (Å²) >= 11 is 0. The molecule has 1 aliphatic carbocycles. The molecule has 3 rings (SSSR count). The van der Waals surface area contributed by atoms with E-state index in [1.54, 1.807) is 0 Å². The van der Waals surface area contributed by atoms with E-state index >= 15 is 0 Å². The smallest absolute Gasteiger partial charge is 0.247 e. The molecule has 9 N–H and O–H groups in total.